The van der Waals surface area contributed by atoms with Crippen LogP contribution in [-0.2, 0) is 12.4 Å². The number of aromatic nitrogens is 1. The average molecular weight is 229 g/mol. The quantitative estimate of drug-likeness (QED) is 0.621. The van der Waals surface area contributed by atoms with E-state index in [1.165, 1.54) is 0 Å². The molecule has 0 spiro atoms. The minimum atomic E-state index is -4.87. The first kappa shape index (κ1) is 11.8. The third-order valence-electron chi connectivity index (χ3n) is 1.78. The average Bonchev–Trinajstić information content (AvgIpc) is 1.99. The number of alkyl halides is 6. The number of hydrogen-bond acceptors (Lipinski definition) is 1. The summed E-state index contributed by atoms with van der Waals surface area (Å²) in [6.07, 6.45) is -9.17. The highest BCUT2D eigenvalue weighted by Gasteiger charge is 2.40. The van der Waals surface area contributed by atoms with Crippen LogP contribution in [0.15, 0.2) is 12.3 Å². The molecule has 15 heavy (non-hydrogen) atoms. The van der Waals surface area contributed by atoms with Gasteiger partial charge < -0.3 is 0 Å². The molecule has 0 aliphatic carbocycles. The zero-order valence-corrected chi connectivity index (χ0v) is 7.37. The van der Waals surface area contributed by atoms with E-state index in [1.54, 1.807) is 0 Å². The molecule has 0 aliphatic heterocycles. The van der Waals surface area contributed by atoms with Gasteiger partial charge in [-0.15, -0.1) is 0 Å². The molecule has 7 heteroatoms. The minimum absolute atomic E-state index is 0.499. The highest BCUT2D eigenvalue weighted by Crippen LogP contribution is 2.37. The molecule has 0 aromatic carbocycles. The van der Waals surface area contributed by atoms with E-state index in [-0.39, 0.29) is 0 Å². The van der Waals surface area contributed by atoms with Crippen molar-refractivity contribution >= 4 is 0 Å². The molecule has 0 aliphatic rings. The van der Waals surface area contributed by atoms with Crippen molar-refractivity contribution in [1.29, 1.82) is 0 Å². The van der Waals surface area contributed by atoms with Crippen molar-refractivity contribution in [3.63, 3.8) is 0 Å². The van der Waals surface area contributed by atoms with Crippen molar-refractivity contribution in [3.05, 3.63) is 29.1 Å². The van der Waals surface area contributed by atoms with Gasteiger partial charge in [-0.25, -0.2) is 0 Å². The molecule has 1 aromatic heterocycles. The van der Waals surface area contributed by atoms with Crippen LogP contribution in [0.25, 0.3) is 0 Å². The van der Waals surface area contributed by atoms with Crippen molar-refractivity contribution in [1.82, 2.24) is 4.98 Å². The molecule has 1 rings (SSSR count). The molecule has 0 bridgehead atoms. The van der Waals surface area contributed by atoms with E-state index in [0.717, 1.165) is 6.92 Å². The molecule has 0 radical (unpaired) electrons. The predicted molar refractivity (Wildman–Crippen MR) is 39.0 cm³/mol. The lowest BCUT2D eigenvalue weighted by molar-refractivity contribution is -0.146. The lowest BCUT2D eigenvalue weighted by atomic mass is 10.1. The minimum Gasteiger partial charge on any atom is -0.251 e. The van der Waals surface area contributed by atoms with Crippen LogP contribution in [0.4, 0.5) is 26.3 Å². The fraction of sp³-hybridized carbons (Fsp3) is 0.375. The van der Waals surface area contributed by atoms with E-state index in [1.807, 2.05) is 0 Å². The highest BCUT2D eigenvalue weighted by atomic mass is 19.4. The Morgan fingerprint density at radius 2 is 1.53 bits per heavy atom. The molecule has 1 aromatic rings. The monoisotopic (exact) mass is 229 g/mol. The lowest BCUT2D eigenvalue weighted by Gasteiger charge is -2.14. The maximum absolute atomic E-state index is 12.2. The first-order chi connectivity index (χ1) is 6.64. The second-order valence-corrected chi connectivity index (χ2v) is 2.83. The molecule has 0 fully saturated rings. The van der Waals surface area contributed by atoms with Crippen molar-refractivity contribution in [2.45, 2.75) is 19.3 Å². The van der Waals surface area contributed by atoms with Crippen molar-refractivity contribution < 1.29 is 26.3 Å². The summed E-state index contributed by atoms with van der Waals surface area (Å²) < 4.78 is 73.2. The first-order valence-electron chi connectivity index (χ1n) is 3.74. The van der Waals surface area contributed by atoms with E-state index < -0.39 is 29.2 Å². The molecule has 0 N–H and O–H groups in total. The van der Waals surface area contributed by atoms with Crippen LogP contribution >= 0.6 is 0 Å². The second-order valence-electron chi connectivity index (χ2n) is 2.83. The zero-order chi connectivity index (χ0) is 11.9. The van der Waals surface area contributed by atoms with Crippen LogP contribution in [0.2, 0.25) is 0 Å². The molecule has 84 valence electrons. The Labute approximate surface area is 80.7 Å². The smallest absolute Gasteiger partial charge is 0.251 e. The third-order valence-corrected chi connectivity index (χ3v) is 1.78. The van der Waals surface area contributed by atoms with Gasteiger partial charge in [-0.2, -0.15) is 26.3 Å². The lowest BCUT2D eigenvalue weighted by Crippen LogP contribution is -2.16. The van der Waals surface area contributed by atoms with Gasteiger partial charge in [0.25, 0.3) is 0 Å². The summed E-state index contributed by atoms with van der Waals surface area (Å²) in [5.74, 6) is 0. The van der Waals surface area contributed by atoms with Gasteiger partial charge in [0, 0.05) is 6.20 Å². The van der Waals surface area contributed by atoms with Crippen LogP contribution < -0.4 is 0 Å². The fourth-order valence-corrected chi connectivity index (χ4v) is 1.13. The van der Waals surface area contributed by atoms with Crippen molar-refractivity contribution in [2.24, 2.45) is 0 Å². The molecule has 1 nitrogen and oxygen atoms in total. The standard InChI is InChI=1S/C8H5F6N/c1-4-5(7(9,10)11)2-3-15-6(4)8(12,13)14/h2-3H,1H3. The van der Waals surface area contributed by atoms with Crippen LogP contribution in [0, 0.1) is 6.92 Å². The first-order valence-corrected chi connectivity index (χ1v) is 3.74. The largest absolute Gasteiger partial charge is 0.433 e. The Kier molecular flexibility index (Phi) is 2.67. The summed E-state index contributed by atoms with van der Waals surface area (Å²) in [6.45, 7) is 0.749. The number of nitrogens with zero attached hydrogens (tertiary/aromatic N) is 1. The van der Waals surface area contributed by atoms with E-state index in [9.17, 15) is 26.3 Å². The van der Waals surface area contributed by atoms with E-state index >= 15 is 0 Å². The van der Waals surface area contributed by atoms with Crippen LogP contribution in [0.3, 0.4) is 0 Å². The third kappa shape index (κ3) is 2.40. The number of rotatable bonds is 0. The van der Waals surface area contributed by atoms with E-state index in [2.05, 4.69) is 4.98 Å². The van der Waals surface area contributed by atoms with Gasteiger partial charge in [0.05, 0.1) is 5.56 Å². The Morgan fingerprint density at radius 3 is 1.93 bits per heavy atom. The number of pyridine rings is 1. The maximum Gasteiger partial charge on any atom is 0.433 e. The van der Waals surface area contributed by atoms with Gasteiger partial charge in [0.1, 0.15) is 5.69 Å². The van der Waals surface area contributed by atoms with E-state index in [4.69, 9.17) is 0 Å². The topological polar surface area (TPSA) is 12.9 Å². The highest BCUT2D eigenvalue weighted by molar-refractivity contribution is 5.32. The Bertz CT molecular complexity index is 332. The summed E-state index contributed by atoms with van der Waals surface area (Å²) in [5.41, 5.74) is -3.72. The SMILES string of the molecule is Cc1c(C(F)(F)F)ccnc1C(F)(F)F. The normalized spacial score (nSPS) is 13.0. The number of halogens is 6. The van der Waals surface area contributed by atoms with Gasteiger partial charge in [0.2, 0.25) is 0 Å². The van der Waals surface area contributed by atoms with Crippen molar-refractivity contribution in [2.75, 3.05) is 0 Å². The molecular formula is C8H5F6N. The molecular weight excluding hydrogens is 224 g/mol. The number of hydrogen-bond donors (Lipinski definition) is 0. The van der Waals surface area contributed by atoms with Crippen molar-refractivity contribution in [3.8, 4) is 0 Å². The summed E-state index contributed by atoms with van der Waals surface area (Å²) >= 11 is 0. The summed E-state index contributed by atoms with van der Waals surface area (Å²) in [4.78, 5) is 2.90. The predicted octanol–water partition coefficient (Wildman–Crippen LogP) is 3.43. The van der Waals surface area contributed by atoms with E-state index in [0.29, 0.717) is 12.3 Å². The summed E-state index contributed by atoms with van der Waals surface area (Å²) in [5, 5.41) is 0. The molecule has 0 saturated carbocycles. The van der Waals surface area contributed by atoms with Gasteiger partial charge in [-0.1, -0.05) is 0 Å². The summed E-state index contributed by atoms with van der Waals surface area (Å²) in [7, 11) is 0. The molecule has 0 amide bonds. The molecule has 1 heterocycles. The Hall–Kier alpha value is -1.27. The molecule has 0 saturated heterocycles. The van der Waals surface area contributed by atoms with Gasteiger partial charge >= 0.3 is 12.4 Å². The van der Waals surface area contributed by atoms with Crippen LogP contribution in [0.5, 0.6) is 0 Å². The Balaban J connectivity index is 3.37. The zero-order valence-electron chi connectivity index (χ0n) is 7.37. The van der Waals surface area contributed by atoms with Gasteiger partial charge in [0.15, 0.2) is 0 Å². The van der Waals surface area contributed by atoms with Gasteiger partial charge in [-0.3, -0.25) is 4.98 Å². The molecule has 0 unspecified atom stereocenters. The van der Waals surface area contributed by atoms with Crippen LogP contribution in [-0.4, -0.2) is 4.98 Å². The van der Waals surface area contributed by atoms with Crippen LogP contribution in [0.1, 0.15) is 16.8 Å². The Morgan fingerprint density at radius 1 is 1.00 bits per heavy atom. The summed E-state index contributed by atoms with van der Waals surface area (Å²) in [6, 6.07) is 0.518. The maximum atomic E-state index is 12.2. The van der Waals surface area contributed by atoms with Gasteiger partial charge in [-0.05, 0) is 18.6 Å². The second kappa shape index (κ2) is 3.39. The fourth-order valence-electron chi connectivity index (χ4n) is 1.13. The molecule has 0 atom stereocenters.